The van der Waals surface area contributed by atoms with Gasteiger partial charge in [-0.25, -0.2) is 15.0 Å². The number of hydrogen-bond donors (Lipinski definition) is 0. The second kappa shape index (κ2) is 7.81. The number of alkyl halides is 6. The summed E-state index contributed by atoms with van der Waals surface area (Å²) in [6, 6.07) is 7.35. The number of nitrogens with zero attached hydrogens (tertiary/aromatic N) is 3. The molecular formula is C14H9Cl6N3O. The molecule has 0 N–H and O–H groups in total. The van der Waals surface area contributed by atoms with E-state index in [9.17, 15) is 0 Å². The molecule has 1 heterocycles. The molecule has 2 rings (SSSR count). The van der Waals surface area contributed by atoms with Crippen LogP contribution in [0.3, 0.4) is 0 Å². The molecule has 0 aliphatic rings. The Kier molecular flexibility index (Phi) is 6.46. The van der Waals surface area contributed by atoms with E-state index in [2.05, 4.69) is 15.0 Å². The predicted octanol–water partition coefficient (Wildman–Crippen LogP) is 5.70. The zero-order chi connectivity index (χ0) is 18.0. The maximum Gasteiger partial charge on any atom is 0.250 e. The van der Waals surface area contributed by atoms with Gasteiger partial charge < -0.3 is 4.74 Å². The standard InChI is InChI=1S/C14H9Cl6N3O/c1-24-9-4-2-3-8(7-9)5-6-10-21-11(13(15,16)17)23-12(22-10)14(18,19)20/h2-7H,1H3/b6-5+. The molecule has 0 unspecified atom stereocenters. The Labute approximate surface area is 168 Å². The molecule has 1 aromatic carbocycles. The summed E-state index contributed by atoms with van der Waals surface area (Å²) < 4.78 is 1.39. The molecule has 0 aliphatic heterocycles. The quantitative estimate of drug-likeness (QED) is 0.566. The minimum Gasteiger partial charge on any atom is -0.497 e. The second-order valence-corrected chi connectivity index (χ2v) is 9.01. The van der Waals surface area contributed by atoms with Crippen molar-refractivity contribution in [2.24, 2.45) is 0 Å². The molecule has 0 fully saturated rings. The van der Waals surface area contributed by atoms with Gasteiger partial charge in [-0.05, 0) is 23.8 Å². The molecule has 1 aromatic heterocycles. The van der Waals surface area contributed by atoms with Gasteiger partial charge in [0, 0.05) is 0 Å². The Morgan fingerprint density at radius 2 is 1.46 bits per heavy atom. The van der Waals surface area contributed by atoms with Crippen molar-refractivity contribution < 1.29 is 4.74 Å². The third kappa shape index (κ3) is 5.51. The summed E-state index contributed by atoms with van der Waals surface area (Å²) in [6.07, 6.45) is 3.32. The van der Waals surface area contributed by atoms with Crippen molar-refractivity contribution in [1.29, 1.82) is 0 Å². The summed E-state index contributed by atoms with van der Waals surface area (Å²) in [4.78, 5) is 12.0. The normalized spacial score (nSPS) is 12.6. The molecule has 2 aromatic rings. The Bertz CT molecular complexity index is 723. The van der Waals surface area contributed by atoms with Gasteiger partial charge in [-0.3, -0.25) is 0 Å². The van der Waals surface area contributed by atoms with E-state index in [1.54, 1.807) is 19.3 Å². The van der Waals surface area contributed by atoms with Gasteiger partial charge >= 0.3 is 0 Å². The highest BCUT2D eigenvalue weighted by Crippen LogP contribution is 2.39. The summed E-state index contributed by atoms with van der Waals surface area (Å²) >= 11 is 34.9. The average molecular weight is 448 g/mol. The number of ether oxygens (including phenoxy) is 1. The molecule has 0 radical (unpaired) electrons. The van der Waals surface area contributed by atoms with Crippen molar-refractivity contribution in [1.82, 2.24) is 15.0 Å². The van der Waals surface area contributed by atoms with Gasteiger partial charge in [0.15, 0.2) is 17.5 Å². The van der Waals surface area contributed by atoms with Crippen LogP contribution in [0.25, 0.3) is 12.2 Å². The largest absolute Gasteiger partial charge is 0.497 e. The molecule has 10 heteroatoms. The van der Waals surface area contributed by atoms with Crippen molar-refractivity contribution in [2.75, 3.05) is 7.11 Å². The first-order chi connectivity index (χ1) is 11.1. The zero-order valence-corrected chi connectivity index (χ0v) is 16.5. The molecule has 0 saturated carbocycles. The van der Waals surface area contributed by atoms with Crippen LogP contribution in [0, 0.1) is 0 Å². The van der Waals surface area contributed by atoms with Crippen LogP contribution in [0.4, 0.5) is 0 Å². The lowest BCUT2D eigenvalue weighted by Gasteiger charge is -2.14. The molecule has 0 spiro atoms. The van der Waals surface area contributed by atoms with E-state index in [1.165, 1.54) is 0 Å². The molecule has 128 valence electrons. The molecule has 0 amide bonds. The summed E-state index contributed by atoms with van der Waals surface area (Å²) in [5, 5.41) is 0. The third-order valence-electron chi connectivity index (χ3n) is 2.68. The number of methoxy groups -OCH3 is 1. The van der Waals surface area contributed by atoms with Gasteiger partial charge in [0.2, 0.25) is 7.59 Å². The Balaban J connectivity index is 2.43. The van der Waals surface area contributed by atoms with Crippen LogP contribution in [0.15, 0.2) is 24.3 Å². The number of aromatic nitrogens is 3. The predicted molar refractivity (Wildman–Crippen MR) is 100 cm³/mol. The fourth-order valence-electron chi connectivity index (χ4n) is 1.64. The summed E-state index contributed by atoms with van der Waals surface area (Å²) in [5.41, 5.74) is 0.848. The average Bonchev–Trinajstić information content (AvgIpc) is 2.51. The number of halogens is 6. The fourth-order valence-corrected chi connectivity index (χ4v) is 2.14. The van der Waals surface area contributed by atoms with Gasteiger partial charge in [-0.15, -0.1) is 0 Å². The van der Waals surface area contributed by atoms with Gasteiger partial charge in [0.25, 0.3) is 0 Å². The highest BCUT2D eigenvalue weighted by atomic mass is 35.6. The molecule has 0 atom stereocenters. The van der Waals surface area contributed by atoms with E-state index in [0.717, 1.165) is 5.56 Å². The second-order valence-electron chi connectivity index (χ2n) is 4.45. The molecular weight excluding hydrogens is 439 g/mol. The first-order valence-electron chi connectivity index (χ1n) is 6.32. The zero-order valence-electron chi connectivity index (χ0n) is 12.0. The van der Waals surface area contributed by atoms with Gasteiger partial charge in [0.1, 0.15) is 5.75 Å². The van der Waals surface area contributed by atoms with Gasteiger partial charge in [0.05, 0.1) is 7.11 Å². The van der Waals surface area contributed by atoms with Gasteiger partial charge in [-0.2, -0.15) is 0 Å². The van der Waals surface area contributed by atoms with E-state index in [4.69, 9.17) is 74.3 Å². The Morgan fingerprint density at radius 1 is 0.875 bits per heavy atom. The Hall–Kier alpha value is -0.490. The van der Waals surface area contributed by atoms with Crippen LogP contribution >= 0.6 is 69.6 Å². The van der Waals surface area contributed by atoms with E-state index in [0.29, 0.717) is 5.75 Å². The van der Waals surface area contributed by atoms with E-state index < -0.39 is 7.59 Å². The highest BCUT2D eigenvalue weighted by molar-refractivity contribution is 6.67. The third-order valence-corrected chi connectivity index (χ3v) is 3.69. The number of benzene rings is 1. The first kappa shape index (κ1) is 19.8. The lowest BCUT2D eigenvalue weighted by atomic mass is 10.2. The minimum atomic E-state index is -1.88. The van der Waals surface area contributed by atoms with Crippen molar-refractivity contribution in [3.63, 3.8) is 0 Å². The van der Waals surface area contributed by atoms with Crippen LogP contribution in [0.5, 0.6) is 5.75 Å². The van der Waals surface area contributed by atoms with Crippen LogP contribution in [0.1, 0.15) is 23.0 Å². The minimum absolute atomic E-state index is 0.144. The van der Waals surface area contributed by atoms with Crippen molar-refractivity contribution in [3.05, 3.63) is 47.3 Å². The van der Waals surface area contributed by atoms with Crippen molar-refractivity contribution >= 4 is 81.8 Å². The van der Waals surface area contributed by atoms with Crippen molar-refractivity contribution in [2.45, 2.75) is 7.59 Å². The lowest BCUT2D eigenvalue weighted by molar-refractivity contribution is 0.414. The van der Waals surface area contributed by atoms with E-state index in [-0.39, 0.29) is 17.5 Å². The molecule has 0 saturated heterocycles. The summed E-state index contributed by atoms with van der Waals surface area (Å²) in [5.74, 6) is 0.593. The van der Waals surface area contributed by atoms with Crippen molar-refractivity contribution in [3.8, 4) is 5.75 Å². The summed E-state index contributed by atoms with van der Waals surface area (Å²) in [7, 11) is 1.58. The smallest absolute Gasteiger partial charge is 0.250 e. The molecule has 0 bridgehead atoms. The monoisotopic (exact) mass is 445 g/mol. The summed E-state index contributed by atoms with van der Waals surface area (Å²) in [6.45, 7) is 0. The first-order valence-corrected chi connectivity index (χ1v) is 8.59. The van der Waals surface area contributed by atoms with E-state index >= 15 is 0 Å². The molecule has 24 heavy (non-hydrogen) atoms. The number of rotatable bonds is 3. The maximum absolute atomic E-state index is 5.82. The molecule has 4 nitrogen and oxygen atoms in total. The maximum atomic E-state index is 5.82. The fraction of sp³-hybridized carbons (Fsp3) is 0.214. The van der Waals surface area contributed by atoms with Crippen LogP contribution in [-0.4, -0.2) is 22.1 Å². The lowest BCUT2D eigenvalue weighted by Crippen LogP contribution is -2.16. The Morgan fingerprint density at radius 3 is 1.96 bits per heavy atom. The van der Waals surface area contributed by atoms with Crippen LogP contribution < -0.4 is 4.74 Å². The molecule has 0 aliphatic carbocycles. The highest BCUT2D eigenvalue weighted by Gasteiger charge is 2.33. The SMILES string of the molecule is COc1cccc(/C=C/c2nc(C(Cl)(Cl)Cl)nc(C(Cl)(Cl)Cl)n2)c1. The van der Waals surface area contributed by atoms with Crippen LogP contribution in [0.2, 0.25) is 0 Å². The topological polar surface area (TPSA) is 47.9 Å². The van der Waals surface area contributed by atoms with Gasteiger partial charge in [-0.1, -0.05) is 87.8 Å². The number of hydrogen-bond acceptors (Lipinski definition) is 4. The van der Waals surface area contributed by atoms with Crippen LogP contribution in [-0.2, 0) is 7.59 Å². The van der Waals surface area contributed by atoms with E-state index in [1.807, 2.05) is 24.3 Å².